The van der Waals surface area contributed by atoms with E-state index in [0.29, 0.717) is 25.9 Å². The molecular formula is C21H27N5O2. The third kappa shape index (κ3) is 3.71. The zero-order valence-corrected chi connectivity index (χ0v) is 16.9. The first-order valence-electron chi connectivity index (χ1n) is 9.54. The number of carbonyl (C=O) groups is 1. The summed E-state index contributed by atoms with van der Waals surface area (Å²) >= 11 is 0. The topological polar surface area (TPSA) is 95.1 Å². The van der Waals surface area contributed by atoms with Crippen molar-refractivity contribution in [3.63, 3.8) is 0 Å². The summed E-state index contributed by atoms with van der Waals surface area (Å²) in [4.78, 5) is 11.4. The molecule has 7 heteroatoms. The van der Waals surface area contributed by atoms with Crippen LogP contribution in [0.3, 0.4) is 0 Å². The van der Waals surface area contributed by atoms with Crippen LogP contribution in [0.2, 0.25) is 0 Å². The number of hydrogen-bond acceptors (Lipinski definition) is 5. The Hall–Kier alpha value is -2.93. The van der Waals surface area contributed by atoms with Crippen molar-refractivity contribution in [3.8, 4) is 11.4 Å². The Balaban J connectivity index is 2.04. The smallest absolute Gasteiger partial charge is 0.233 e. The van der Waals surface area contributed by atoms with Gasteiger partial charge in [0.1, 0.15) is 5.75 Å². The zero-order chi connectivity index (χ0) is 20.3. The Bertz CT molecular complexity index is 992. The summed E-state index contributed by atoms with van der Waals surface area (Å²) in [5.41, 5.74) is 7.31. The number of benzene rings is 1. The second kappa shape index (κ2) is 8.39. The van der Waals surface area contributed by atoms with Crippen molar-refractivity contribution in [2.45, 2.75) is 47.0 Å². The molecule has 3 aromatic rings. The summed E-state index contributed by atoms with van der Waals surface area (Å²) in [5.74, 6) is 5.85. The predicted octanol–water partition coefficient (Wildman–Crippen LogP) is 3.06. The van der Waals surface area contributed by atoms with Crippen LogP contribution in [0.5, 0.6) is 5.75 Å². The molecule has 1 aromatic carbocycles. The third-order valence-electron chi connectivity index (χ3n) is 5.00. The lowest BCUT2D eigenvalue weighted by Crippen LogP contribution is -2.29. The quantitative estimate of drug-likeness (QED) is 0.373. The van der Waals surface area contributed by atoms with E-state index in [0.717, 1.165) is 45.0 Å². The van der Waals surface area contributed by atoms with E-state index in [4.69, 9.17) is 10.6 Å². The minimum atomic E-state index is -0.170. The minimum absolute atomic E-state index is 0.170. The highest BCUT2D eigenvalue weighted by Gasteiger charge is 2.19. The van der Waals surface area contributed by atoms with Crippen LogP contribution in [-0.2, 0) is 11.2 Å². The van der Waals surface area contributed by atoms with Gasteiger partial charge in [0.2, 0.25) is 5.91 Å². The first-order chi connectivity index (χ1) is 13.5. The molecule has 7 nitrogen and oxygen atoms in total. The molecule has 0 aliphatic heterocycles. The van der Waals surface area contributed by atoms with Crippen molar-refractivity contribution in [1.82, 2.24) is 20.2 Å². The molecule has 0 saturated heterocycles. The van der Waals surface area contributed by atoms with E-state index in [-0.39, 0.29) is 5.91 Å². The van der Waals surface area contributed by atoms with Crippen LogP contribution in [0.25, 0.3) is 16.5 Å². The van der Waals surface area contributed by atoms with Gasteiger partial charge in [0.05, 0.1) is 18.0 Å². The van der Waals surface area contributed by atoms with Crippen molar-refractivity contribution in [1.29, 1.82) is 0 Å². The maximum atomic E-state index is 11.4. The molecule has 0 unspecified atom stereocenters. The molecular weight excluding hydrogens is 354 g/mol. The van der Waals surface area contributed by atoms with Gasteiger partial charge in [0, 0.05) is 34.3 Å². The number of nitrogens with zero attached hydrogens (tertiary/aromatic N) is 3. The molecule has 0 fully saturated rings. The lowest BCUT2D eigenvalue weighted by atomic mass is 10.1. The maximum Gasteiger partial charge on any atom is 0.233 e. The second-order valence-corrected chi connectivity index (χ2v) is 6.84. The van der Waals surface area contributed by atoms with E-state index in [1.807, 2.05) is 26.0 Å². The van der Waals surface area contributed by atoms with Crippen LogP contribution in [0.1, 0.15) is 42.5 Å². The number of nitrogens with one attached hydrogen (secondary N) is 1. The molecule has 3 rings (SSSR count). The summed E-state index contributed by atoms with van der Waals surface area (Å²) in [7, 11) is 0. The molecule has 148 valence electrons. The largest absolute Gasteiger partial charge is 0.494 e. The van der Waals surface area contributed by atoms with Gasteiger partial charge >= 0.3 is 0 Å². The Morgan fingerprint density at radius 1 is 1.11 bits per heavy atom. The number of aromatic nitrogens is 3. The molecule has 28 heavy (non-hydrogen) atoms. The summed E-state index contributed by atoms with van der Waals surface area (Å²) in [6.07, 6.45) is 1.71. The molecule has 0 atom stereocenters. The number of nitrogens with two attached hydrogens (primary N) is 1. The van der Waals surface area contributed by atoms with Gasteiger partial charge in [0.15, 0.2) is 0 Å². The maximum absolute atomic E-state index is 11.4. The van der Waals surface area contributed by atoms with Crippen LogP contribution >= 0.6 is 0 Å². The van der Waals surface area contributed by atoms with Crippen molar-refractivity contribution in [2.75, 3.05) is 6.61 Å². The summed E-state index contributed by atoms with van der Waals surface area (Å²) < 4.78 is 7.79. The number of aryl methyl sites for hydroxylation is 4. The number of carbonyl (C=O) groups excluding carboxylic acids is 1. The first-order valence-corrected chi connectivity index (χ1v) is 9.54. The van der Waals surface area contributed by atoms with E-state index in [1.54, 1.807) is 0 Å². The number of amides is 1. The van der Waals surface area contributed by atoms with Crippen LogP contribution in [0.15, 0.2) is 24.3 Å². The fraction of sp³-hybridized carbons (Fsp3) is 0.381. The van der Waals surface area contributed by atoms with E-state index in [1.165, 1.54) is 0 Å². The first kappa shape index (κ1) is 19.8. The van der Waals surface area contributed by atoms with Gasteiger partial charge in [-0.1, -0.05) is 0 Å². The van der Waals surface area contributed by atoms with E-state index in [9.17, 15) is 4.79 Å². The van der Waals surface area contributed by atoms with Gasteiger partial charge < -0.3 is 9.30 Å². The van der Waals surface area contributed by atoms with Crippen molar-refractivity contribution >= 4 is 16.7 Å². The molecule has 0 spiro atoms. The summed E-state index contributed by atoms with van der Waals surface area (Å²) in [6.45, 7) is 8.81. The molecule has 0 aliphatic rings. The Morgan fingerprint density at radius 2 is 1.79 bits per heavy atom. The van der Waals surface area contributed by atoms with E-state index < -0.39 is 0 Å². The molecule has 2 heterocycles. The molecule has 0 radical (unpaired) electrons. The van der Waals surface area contributed by atoms with Crippen molar-refractivity contribution < 1.29 is 9.53 Å². The minimum Gasteiger partial charge on any atom is -0.494 e. The molecule has 0 saturated carbocycles. The van der Waals surface area contributed by atoms with Crippen molar-refractivity contribution in [3.05, 3.63) is 47.0 Å². The zero-order valence-electron chi connectivity index (χ0n) is 16.9. The van der Waals surface area contributed by atoms with Crippen LogP contribution in [0, 0.1) is 20.8 Å². The van der Waals surface area contributed by atoms with E-state index >= 15 is 0 Å². The average Bonchev–Trinajstić information content (AvgIpc) is 2.96. The van der Waals surface area contributed by atoms with E-state index in [2.05, 4.69) is 46.2 Å². The van der Waals surface area contributed by atoms with Gasteiger partial charge in [-0.3, -0.25) is 10.2 Å². The van der Waals surface area contributed by atoms with Gasteiger partial charge in [0.25, 0.3) is 0 Å². The Labute approximate surface area is 164 Å². The third-order valence-corrected chi connectivity index (χ3v) is 5.00. The van der Waals surface area contributed by atoms with Gasteiger partial charge in [-0.15, -0.1) is 0 Å². The van der Waals surface area contributed by atoms with Gasteiger partial charge in [-0.25, -0.2) is 5.84 Å². The highest BCUT2D eigenvalue weighted by atomic mass is 16.5. The number of ether oxygens (including phenoxy) is 1. The lowest BCUT2D eigenvalue weighted by Gasteiger charge is -2.11. The van der Waals surface area contributed by atoms with Crippen LogP contribution < -0.4 is 16.0 Å². The number of hydrazine groups is 1. The SMILES string of the molecule is CCOc1ccc(-n2c(C)c3c(C)nnc(CCCC(=O)NN)c3c2C)cc1. The van der Waals surface area contributed by atoms with Crippen LogP contribution in [-0.4, -0.2) is 27.3 Å². The van der Waals surface area contributed by atoms with Gasteiger partial charge in [-0.05, 0) is 64.8 Å². The lowest BCUT2D eigenvalue weighted by molar-refractivity contribution is -0.121. The Kier molecular flexibility index (Phi) is 5.94. The predicted molar refractivity (Wildman–Crippen MR) is 110 cm³/mol. The second-order valence-electron chi connectivity index (χ2n) is 6.84. The van der Waals surface area contributed by atoms with Crippen LogP contribution in [0.4, 0.5) is 0 Å². The highest BCUT2D eigenvalue weighted by Crippen LogP contribution is 2.32. The molecule has 0 bridgehead atoms. The normalized spacial score (nSPS) is 11.0. The number of fused-ring (bicyclic) bond motifs is 1. The summed E-state index contributed by atoms with van der Waals surface area (Å²) in [5, 5.41) is 11.0. The fourth-order valence-corrected chi connectivity index (χ4v) is 3.78. The average molecular weight is 381 g/mol. The summed E-state index contributed by atoms with van der Waals surface area (Å²) in [6, 6.07) is 8.09. The van der Waals surface area contributed by atoms with Crippen molar-refractivity contribution in [2.24, 2.45) is 5.84 Å². The number of rotatable bonds is 7. The standard InChI is InChI=1S/C21H27N5O2/c1-5-28-17-11-9-16(10-12-17)26-14(3)20-13(2)24-25-18(21(20)15(26)4)7-6-8-19(27)23-22/h9-12H,5-8,22H2,1-4H3,(H,23,27). The molecule has 2 aromatic heterocycles. The van der Waals surface area contributed by atoms with Gasteiger partial charge in [-0.2, -0.15) is 10.2 Å². The Morgan fingerprint density at radius 3 is 2.43 bits per heavy atom. The molecule has 1 amide bonds. The fourth-order valence-electron chi connectivity index (χ4n) is 3.78. The monoisotopic (exact) mass is 381 g/mol. The number of hydrogen-bond donors (Lipinski definition) is 2. The molecule has 0 aliphatic carbocycles. The highest BCUT2D eigenvalue weighted by molar-refractivity contribution is 5.92. The molecule has 3 N–H and O–H groups in total.